The van der Waals surface area contributed by atoms with Gasteiger partial charge < -0.3 is 10.1 Å². The number of hydrogen-bond acceptors (Lipinski definition) is 5. The highest BCUT2D eigenvalue weighted by molar-refractivity contribution is 8.00. The number of benzene rings is 1. The number of urea groups is 1. The third kappa shape index (κ3) is 7.50. The van der Waals surface area contributed by atoms with E-state index in [9.17, 15) is 14.4 Å². The number of rotatable bonds is 7. The van der Waals surface area contributed by atoms with Gasteiger partial charge in [-0.1, -0.05) is 24.6 Å². The van der Waals surface area contributed by atoms with Gasteiger partial charge in [0.1, 0.15) is 0 Å². The summed E-state index contributed by atoms with van der Waals surface area (Å²) in [6.07, 6.45) is 0.756. The van der Waals surface area contributed by atoms with Crippen molar-refractivity contribution in [1.82, 2.24) is 10.6 Å². The molecule has 0 aliphatic heterocycles. The fraction of sp³-hybridized carbons (Fsp3) is 0.471. The molecule has 24 heavy (non-hydrogen) atoms. The lowest BCUT2D eigenvalue weighted by Gasteiger charge is -2.11. The van der Waals surface area contributed by atoms with E-state index in [-0.39, 0.29) is 11.8 Å². The summed E-state index contributed by atoms with van der Waals surface area (Å²) in [6, 6.07) is 5.35. The Morgan fingerprint density at radius 3 is 2.58 bits per heavy atom. The minimum absolute atomic E-state index is 0.0329. The second-order valence-corrected chi connectivity index (χ2v) is 6.57. The predicted molar refractivity (Wildman–Crippen MR) is 94.0 cm³/mol. The average Bonchev–Trinajstić information content (AvgIpc) is 2.51. The number of imide groups is 1. The molecule has 0 aliphatic carbocycles. The van der Waals surface area contributed by atoms with Crippen molar-refractivity contribution >= 4 is 29.7 Å². The summed E-state index contributed by atoms with van der Waals surface area (Å²) in [7, 11) is 0. The van der Waals surface area contributed by atoms with Crippen molar-refractivity contribution in [1.29, 1.82) is 0 Å². The van der Waals surface area contributed by atoms with Gasteiger partial charge in [0.25, 0.3) is 5.91 Å². The average molecular weight is 352 g/mol. The zero-order chi connectivity index (χ0) is 18.1. The van der Waals surface area contributed by atoms with E-state index in [1.165, 1.54) is 11.8 Å². The number of thioether (sulfide) groups is 1. The molecule has 7 heteroatoms. The zero-order valence-electron chi connectivity index (χ0n) is 14.5. The summed E-state index contributed by atoms with van der Waals surface area (Å²) < 4.78 is 4.87. The van der Waals surface area contributed by atoms with Gasteiger partial charge in [0, 0.05) is 10.9 Å². The van der Waals surface area contributed by atoms with Crippen LogP contribution in [0.5, 0.6) is 0 Å². The minimum atomic E-state index is -0.652. The number of esters is 1. The standard InChI is InChI=1S/C17H24N2O4S/c1-5-13(4)18-17(22)19-15(20)9-23-16(21)10-24-14-7-6-11(2)8-12(14)3/h6-8,13H,5,9-10H2,1-4H3,(H2,18,19,20,22)/t13-/m1/s1. The van der Waals surface area contributed by atoms with Gasteiger partial charge in [0.15, 0.2) is 6.61 Å². The van der Waals surface area contributed by atoms with Crippen molar-refractivity contribution in [2.75, 3.05) is 12.4 Å². The largest absolute Gasteiger partial charge is 0.455 e. The van der Waals surface area contributed by atoms with Crippen LogP contribution in [-0.2, 0) is 14.3 Å². The summed E-state index contributed by atoms with van der Waals surface area (Å²) in [4.78, 5) is 35.7. The molecule has 132 valence electrons. The smallest absolute Gasteiger partial charge is 0.321 e. The van der Waals surface area contributed by atoms with Crippen LogP contribution in [0, 0.1) is 13.8 Å². The van der Waals surface area contributed by atoms with Gasteiger partial charge >= 0.3 is 12.0 Å². The molecule has 1 rings (SSSR count). The van der Waals surface area contributed by atoms with E-state index in [1.54, 1.807) is 0 Å². The third-order valence-electron chi connectivity index (χ3n) is 3.28. The van der Waals surface area contributed by atoms with Crippen LogP contribution in [0.2, 0.25) is 0 Å². The first-order valence-corrected chi connectivity index (χ1v) is 8.76. The molecule has 2 N–H and O–H groups in total. The number of carbonyl (C=O) groups is 3. The maximum atomic E-state index is 11.7. The number of amides is 3. The van der Waals surface area contributed by atoms with E-state index in [1.807, 2.05) is 45.9 Å². The molecule has 0 bridgehead atoms. The van der Waals surface area contributed by atoms with Crippen molar-refractivity contribution in [3.05, 3.63) is 29.3 Å². The zero-order valence-corrected chi connectivity index (χ0v) is 15.3. The molecule has 0 aromatic heterocycles. The van der Waals surface area contributed by atoms with Gasteiger partial charge in [-0.2, -0.15) is 0 Å². The lowest BCUT2D eigenvalue weighted by Crippen LogP contribution is -2.44. The van der Waals surface area contributed by atoms with Gasteiger partial charge in [0.2, 0.25) is 0 Å². The lowest BCUT2D eigenvalue weighted by atomic mass is 10.2. The fourth-order valence-electron chi connectivity index (χ4n) is 1.81. The van der Waals surface area contributed by atoms with Gasteiger partial charge in [-0.25, -0.2) is 4.79 Å². The fourth-order valence-corrected chi connectivity index (χ4v) is 2.62. The Hall–Kier alpha value is -2.02. The second-order valence-electron chi connectivity index (χ2n) is 5.55. The summed E-state index contributed by atoms with van der Waals surface area (Å²) >= 11 is 1.36. The van der Waals surface area contributed by atoms with Crippen LogP contribution in [0.25, 0.3) is 0 Å². The lowest BCUT2D eigenvalue weighted by molar-refractivity contribution is -0.145. The molecule has 1 atom stereocenters. The number of hydrogen-bond donors (Lipinski definition) is 2. The molecule has 6 nitrogen and oxygen atoms in total. The van der Waals surface area contributed by atoms with E-state index < -0.39 is 24.5 Å². The maximum absolute atomic E-state index is 11.7. The topological polar surface area (TPSA) is 84.5 Å². The SMILES string of the molecule is CC[C@@H](C)NC(=O)NC(=O)COC(=O)CSc1ccc(C)cc1C. The van der Waals surface area contributed by atoms with Crippen LogP contribution in [-0.4, -0.2) is 36.3 Å². The molecule has 0 saturated carbocycles. The quantitative estimate of drug-likeness (QED) is 0.582. The molecular formula is C17H24N2O4S. The van der Waals surface area contributed by atoms with Crippen molar-refractivity contribution in [3.63, 3.8) is 0 Å². The maximum Gasteiger partial charge on any atom is 0.321 e. The molecule has 3 amide bonds. The van der Waals surface area contributed by atoms with E-state index in [0.29, 0.717) is 0 Å². The van der Waals surface area contributed by atoms with Gasteiger partial charge in [-0.05, 0) is 38.8 Å². The first kappa shape index (κ1) is 20.0. The molecular weight excluding hydrogens is 328 g/mol. The van der Waals surface area contributed by atoms with Gasteiger partial charge in [-0.15, -0.1) is 11.8 Å². The highest BCUT2D eigenvalue weighted by atomic mass is 32.2. The second kappa shape index (κ2) is 9.97. The molecule has 0 fully saturated rings. The van der Waals surface area contributed by atoms with Crippen LogP contribution in [0.1, 0.15) is 31.4 Å². The third-order valence-corrected chi connectivity index (χ3v) is 4.43. The summed E-state index contributed by atoms with van der Waals surface area (Å²) in [6.45, 7) is 7.26. The Bertz CT molecular complexity index is 604. The summed E-state index contributed by atoms with van der Waals surface area (Å²) in [5.41, 5.74) is 2.25. The Kier molecular flexibility index (Phi) is 8.32. The first-order valence-electron chi connectivity index (χ1n) is 7.77. The van der Waals surface area contributed by atoms with Crippen molar-refractivity contribution in [2.45, 2.75) is 45.1 Å². The Labute approximate surface area is 146 Å². The van der Waals surface area contributed by atoms with E-state index in [2.05, 4.69) is 10.6 Å². The number of carbonyl (C=O) groups excluding carboxylic acids is 3. The Morgan fingerprint density at radius 1 is 1.25 bits per heavy atom. The van der Waals surface area contributed by atoms with Crippen LogP contribution < -0.4 is 10.6 Å². The van der Waals surface area contributed by atoms with Crippen LogP contribution in [0.4, 0.5) is 4.79 Å². The van der Waals surface area contributed by atoms with Crippen LogP contribution in [0.3, 0.4) is 0 Å². The van der Waals surface area contributed by atoms with E-state index in [0.717, 1.165) is 22.4 Å². The molecule has 0 spiro atoms. The van der Waals surface area contributed by atoms with E-state index in [4.69, 9.17) is 4.74 Å². The van der Waals surface area contributed by atoms with Gasteiger partial charge in [0.05, 0.1) is 5.75 Å². The molecule has 0 saturated heterocycles. The predicted octanol–water partition coefficient (Wildman–Crippen LogP) is 2.56. The van der Waals surface area contributed by atoms with Crippen LogP contribution >= 0.6 is 11.8 Å². The molecule has 0 aliphatic rings. The molecule has 0 unspecified atom stereocenters. The molecule has 0 radical (unpaired) electrons. The minimum Gasteiger partial charge on any atom is -0.455 e. The van der Waals surface area contributed by atoms with Crippen molar-refractivity contribution < 1.29 is 19.1 Å². The summed E-state index contributed by atoms with van der Waals surface area (Å²) in [5, 5.41) is 4.71. The van der Waals surface area contributed by atoms with Crippen LogP contribution in [0.15, 0.2) is 23.1 Å². The normalized spacial score (nSPS) is 11.5. The monoisotopic (exact) mass is 352 g/mol. The Balaban J connectivity index is 2.30. The van der Waals surface area contributed by atoms with E-state index >= 15 is 0 Å². The molecule has 0 heterocycles. The highest BCUT2D eigenvalue weighted by Gasteiger charge is 2.12. The molecule has 1 aromatic rings. The first-order chi connectivity index (χ1) is 11.3. The number of ether oxygens (including phenoxy) is 1. The van der Waals surface area contributed by atoms with Gasteiger partial charge in [-0.3, -0.25) is 14.9 Å². The summed E-state index contributed by atoms with van der Waals surface area (Å²) in [5.74, 6) is -1.05. The number of nitrogens with one attached hydrogen (secondary N) is 2. The highest BCUT2D eigenvalue weighted by Crippen LogP contribution is 2.23. The Morgan fingerprint density at radius 2 is 1.96 bits per heavy atom. The number of aryl methyl sites for hydroxylation is 2. The molecule has 1 aromatic carbocycles. The van der Waals surface area contributed by atoms with Crippen molar-refractivity contribution in [3.8, 4) is 0 Å². The van der Waals surface area contributed by atoms with Crippen molar-refractivity contribution in [2.24, 2.45) is 0 Å².